The second-order valence-electron chi connectivity index (χ2n) is 9.90. The lowest BCUT2D eigenvalue weighted by Gasteiger charge is -2.36. The van der Waals surface area contributed by atoms with Gasteiger partial charge < -0.3 is 14.3 Å². The molecule has 2 aromatic carbocycles. The van der Waals surface area contributed by atoms with Gasteiger partial charge in [-0.15, -0.1) is 0 Å². The predicted molar refractivity (Wildman–Crippen MR) is 137 cm³/mol. The topological polar surface area (TPSA) is 48.3 Å². The molecule has 5 nitrogen and oxygen atoms in total. The molecule has 1 saturated heterocycles. The van der Waals surface area contributed by atoms with E-state index in [-0.39, 0.29) is 0 Å². The zero-order valence-corrected chi connectivity index (χ0v) is 19.9. The number of oxazole rings is 1. The highest BCUT2D eigenvalue weighted by molar-refractivity contribution is 5.92. The number of anilines is 1. The lowest BCUT2D eigenvalue weighted by molar-refractivity contribution is 0.224. The lowest BCUT2D eigenvalue weighted by atomic mass is 9.89. The molecule has 1 saturated carbocycles. The third kappa shape index (κ3) is 4.49. The summed E-state index contributed by atoms with van der Waals surface area (Å²) in [4.78, 5) is 13.5. The van der Waals surface area contributed by atoms with Crippen LogP contribution < -0.4 is 4.90 Å². The van der Waals surface area contributed by atoms with Gasteiger partial charge in [0.15, 0.2) is 5.89 Å². The highest BCUT2D eigenvalue weighted by Crippen LogP contribution is 2.34. The monoisotopic (exact) mass is 454 g/mol. The summed E-state index contributed by atoms with van der Waals surface area (Å²) >= 11 is 0. The van der Waals surface area contributed by atoms with E-state index in [9.17, 15) is 0 Å². The van der Waals surface area contributed by atoms with Crippen LogP contribution in [0.25, 0.3) is 10.9 Å². The maximum absolute atomic E-state index is 6.52. The molecule has 4 aromatic rings. The summed E-state index contributed by atoms with van der Waals surface area (Å²) in [5.74, 6) is 2.56. The maximum Gasteiger partial charge on any atom is 0.197 e. The van der Waals surface area contributed by atoms with Gasteiger partial charge in [0.25, 0.3) is 0 Å². The van der Waals surface area contributed by atoms with Gasteiger partial charge in [0, 0.05) is 61.3 Å². The van der Waals surface area contributed by atoms with Gasteiger partial charge in [0.1, 0.15) is 5.76 Å². The molecule has 34 heavy (non-hydrogen) atoms. The first-order chi connectivity index (χ1) is 16.8. The Morgan fingerprint density at radius 2 is 1.71 bits per heavy atom. The summed E-state index contributed by atoms with van der Waals surface area (Å²) in [5.41, 5.74) is 4.98. The molecule has 0 radical (unpaired) electrons. The van der Waals surface area contributed by atoms with Gasteiger partial charge in [-0.2, -0.15) is 0 Å². The largest absolute Gasteiger partial charge is 0.444 e. The average Bonchev–Trinajstić information content (AvgIpc) is 3.53. The van der Waals surface area contributed by atoms with Gasteiger partial charge >= 0.3 is 0 Å². The molecular weight excluding hydrogens is 420 g/mol. The van der Waals surface area contributed by atoms with E-state index in [1.807, 2.05) is 6.20 Å². The van der Waals surface area contributed by atoms with Crippen LogP contribution >= 0.6 is 0 Å². The van der Waals surface area contributed by atoms with Crippen LogP contribution in [0.1, 0.15) is 60.9 Å². The van der Waals surface area contributed by atoms with Crippen molar-refractivity contribution in [3.8, 4) is 0 Å². The van der Waals surface area contributed by atoms with Crippen molar-refractivity contribution in [1.82, 2.24) is 14.9 Å². The van der Waals surface area contributed by atoms with Crippen LogP contribution in [0.4, 0.5) is 5.69 Å². The van der Waals surface area contributed by atoms with E-state index in [4.69, 9.17) is 9.40 Å². The minimum atomic E-state index is 0.496. The highest BCUT2D eigenvalue weighted by Gasteiger charge is 2.26. The minimum absolute atomic E-state index is 0.496. The first-order valence-corrected chi connectivity index (χ1v) is 12.9. The van der Waals surface area contributed by atoms with E-state index >= 15 is 0 Å². The number of nitrogens with zero attached hydrogens (tertiary/aromatic N) is 3. The Labute approximate surface area is 201 Å². The third-order valence-electron chi connectivity index (χ3n) is 7.62. The van der Waals surface area contributed by atoms with Gasteiger partial charge in [-0.05, 0) is 36.6 Å². The zero-order chi connectivity index (χ0) is 22.7. The molecule has 2 fully saturated rings. The summed E-state index contributed by atoms with van der Waals surface area (Å²) < 4.78 is 6.52. The molecule has 2 aromatic heterocycles. The van der Waals surface area contributed by atoms with Crippen LogP contribution in [0, 0.1) is 0 Å². The molecule has 1 aliphatic heterocycles. The number of hydrogen-bond donors (Lipinski definition) is 1. The summed E-state index contributed by atoms with van der Waals surface area (Å²) in [6.07, 6.45) is 9.26. The van der Waals surface area contributed by atoms with E-state index in [0.717, 1.165) is 56.5 Å². The molecule has 0 atom stereocenters. The van der Waals surface area contributed by atoms with E-state index in [2.05, 4.69) is 69.4 Å². The number of aromatic nitrogens is 2. The maximum atomic E-state index is 6.52. The zero-order valence-electron chi connectivity index (χ0n) is 19.9. The Bertz CT molecular complexity index is 1210. The van der Waals surface area contributed by atoms with E-state index in [1.54, 1.807) is 0 Å². The first kappa shape index (κ1) is 21.5. The van der Waals surface area contributed by atoms with Crippen LogP contribution in [0.15, 0.2) is 65.2 Å². The van der Waals surface area contributed by atoms with Crippen molar-refractivity contribution in [2.45, 2.75) is 51.0 Å². The molecule has 2 aliphatic rings. The normalized spacial score (nSPS) is 18.1. The van der Waals surface area contributed by atoms with Crippen LogP contribution in [-0.4, -0.2) is 41.0 Å². The molecule has 5 heteroatoms. The van der Waals surface area contributed by atoms with Crippen LogP contribution in [0.5, 0.6) is 0 Å². The Morgan fingerprint density at radius 3 is 2.53 bits per heavy atom. The van der Waals surface area contributed by atoms with Crippen molar-refractivity contribution in [1.29, 1.82) is 0 Å². The molecule has 3 heterocycles. The SMILES string of the molecule is c1ccc(Cc2nc(C3CCCCC3)oc2CN2CCN(c3cccc4[nH]ccc34)CC2)cc1. The number of nitrogens with one attached hydrogen (secondary N) is 1. The summed E-state index contributed by atoms with van der Waals surface area (Å²) in [6.45, 7) is 4.98. The molecular formula is C29H34N4O. The standard InChI is InChI=1S/C29H34N4O/c1-3-8-22(9-4-1)20-26-28(34-29(31-26)23-10-5-2-6-11-23)21-32-16-18-33(19-17-32)27-13-7-12-25-24(27)14-15-30-25/h1,3-4,7-9,12-15,23,30H,2,5-6,10-11,16-21H2. The van der Waals surface area contributed by atoms with Crippen molar-refractivity contribution in [3.63, 3.8) is 0 Å². The van der Waals surface area contributed by atoms with Gasteiger partial charge in [0.2, 0.25) is 0 Å². The Hall–Kier alpha value is -3.05. The Kier molecular flexibility index (Phi) is 6.11. The number of H-pyrrole nitrogens is 1. The number of aromatic amines is 1. The van der Waals surface area contributed by atoms with E-state index in [0.29, 0.717) is 5.92 Å². The van der Waals surface area contributed by atoms with Crippen molar-refractivity contribution >= 4 is 16.6 Å². The molecule has 0 amide bonds. The Morgan fingerprint density at radius 1 is 0.882 bits per heavy atom. The summed E-state index contributed by atoms with van der Waals surface area (Å²) in [5, 5.41) is 1.31. The van der Waals surface area contributed by atoms with Crippen LogP contribution in [0.2, 0.25) is 0 Å². The van der Waals surface area contributed by atoms with Gasteiger partial charge in [-0.25, -0.2) is 4.98 Å². The molecule has 0 spiro atoms. The van der Waals surface area contributed by atoms with E-state index < -0.39 is 0 Å². The number of hydrogen-bond acceptors (Lipinski definition) is 4. The molecule has 0 bridgehead atoms. The fourth-order valence-electron chi connectivity index (χ4n) is 5.67. The van der Waals surface area contributed by atoms with E-state index in [1.165, 1.54) is 54.3 Å². The highest BCUT2D eigenvalue weighted by atomic mass is 16.4. The number of benzene rings is 2. The van der Waals surface area contributed by atoms with Crippen molar-refractivity contribution in [2.75, 3.05) is 31.1 Å². The fourth-order valence-corrected chi connectivity index (χ4v) is 5.67. The quantitative estimate of drug-likeness (QED) is 0.381. The molecule has 0 unspecified atom stereocenters. The second kappa shape index (κ2) is 9.67. The summed E-state index contributed by atoms with van der Waals surface area (Å²) in [6, 6.07) is 19.4. The van der Waals surface area contributed by atoms with Crippen molar-refractivity contribution < 1.29 is 4.42 Å². The average molecular weight is 455 g/mol. The minimum Gasteiger partial charge on any atom is -0.444 e. The van der Waals surface area contributed by atoms with Crippen LogP contribution in [-0.2, 0) is 13.0 Å². The van der Waals surface area contributed by atoms with Crippen LogP contribution in [0.3, 0.4) is 0 Å². The second-order valence-corrected chi connectivity index (χ2v) is 9.90. The lowest BCUT2D eigenvalue weighted by Crippen LogP contribution is -2.46. The predicted octanol–water partition coefficient (Wildman–Crippen LogP) is 6.12. The van der Waals surface area contributed by atoms with Gasteiger partial charge in [0.05, 0.1) is 12.2 Å². The smallest absolute Gasteiger partial charge is 0.197 e. The molecule has 176 valence electrons. The van der Waals surface area contributed by atoms with Crippen molar-refractivity contribution in [2.24, 2.45) is 0 Å². The number of fused-ring (bicyclic) bond motifs is 1. The Balaban J connectivity index is 1.17. The molecule has 6 rings (SSSR count). The number of rotatable bonds is 6. The molecule has 1 N–H and O–H groups in total. The first-order valence-electron chi connectivity index (χ1n) is 12.9. The van der Waals surface area contributed by atoms with Crippen molar-refractivity contribution in [3.05, 3.63) is 83.7 Å². The van der Waals surface area contributed by atoms with Gasteiger partial charge in [-0.3, -0.25) is 4.90 Å². The fraction of sp³-hybridized carbons (Fsp3) is 0.414. The molecule has 1 aliphatic carbocycles. The van der Waals surface area contributed by atoms with Gasteiger partial charge in [-0.1, -0.05) is 55.7 Å². The third-order valence-corrected chi connectivity index (χ3v) is 7.62. The summed E-state index contributed by atoms with van der Waals surface area (Å²) in [7, 11) is 0. The number of piperazine rings is 1.